The zero-order chi connectivity index (χ0) is 12.6. The Morgan fingerprint density at radius 3 is 2.61 bits per heavy atom. The Bertz CT molecular complexity index is 422. The van der Waals surface area contributed by atoms with Crippen molar-refractivity contribution in [3.05, 3.63) is 60.1 Å². The fourth-order valence-corrected chi connectivity index (χ4v) is 2.24. The monoisotopic (exact) mass is 243 g/mol. The summed E-state index contributed by atoms with van der Waals surface area (Å²) in [4.78, 5) is 0. The van der Waals surface area contributed by atoms with Gasteiger partial charge in [-0.25, -0.2) is 0 Å². The van der Waals surface area contributed by atoms with Gasteiger partial charge in [0.25, 0.3) is 0 Å². The third-order valence-corrected chi connectivity index (χ3v) is 3.18. The van der Waals surface area contributed by atoms with Gasteiger partial charge in [-0.2, -0.15) is 0 Å². The molecule has 0 aliphatic heterocycles. The standard InChI is InChI=1S/C16H21NO/c1-2-17-16(12-15-10-11-18-13-15)9-8-14-6-4-3-5-7-14/h3-7,10-11,13,16-17H,2,8-9,12H2,1H3. The molecule has 0 fully saturated rings. The van der Waals surface area contributed by atoms with Gasteiger partial charge in [-0.3, -0.25) is 0 Å². The summed E-state index contributed by atoms with van der Waals surface area (Å²) in [6.07, 6.45) is 6.90. The third-order valence-electron chi connectivity index (χ3n) is 3.18. The molecule has 1 N–H and O–H groups in total. The minimum absolute atomic E-state index is 0.521. The van der Waals surface area contributed by atoms with Crippen LogP contribution in [0.5, 0.6) is 0 Å². The number of hydrogen-bond acceptors (Lipinski definition) is 2. The van der Waals surface area contributed by atoms with E-state index in [4.69, 9.17) is 4.42 Å². The number of hydrogen-bond donors (Lipinski definition) is 1. The average Bonchev–Trinajstić information content (AvgIpc) is 2.90. The van der Waals surface area contributed by atoms with Crippen molar-refractivity contribution < 1.29 is 4.42 Å². The Kier molecular flexibility index (Phi) is 5.03. The fourth-order valence-electron chi connectivity index (χ4n) is 2.24. The molecule has 0 spiro atoms. The van der Waals surface area contributed by atoms with Crippen molar-refractivity contribution in [3.8, 4) is 0 Å². The minimum atomic E-state index is 0.521. The molecule has 2 nitrogen and oxygen atoms in total. The van der Waals surface area contributed by atoms with E-state index in [-0.39, 0.29) is 0 Å². The summed E-state index contributed by atoms with van der Waals surface area (Å²) in [6, 6.07) is 13.2. The van der Waals surface area contributed by atoms with Crippen LogP contribution in [0.3, 0.4) is 0 Å². The third kappa shape index (κ3) is 4.04. The van der Waals surface area contributed by atoms with Crippen LogP contribution in [0.4, 0.5) is 0 Å². The van der Waals surface area contributed by atoms with Crippen molar-refractivity contribution in [3.63, 3.8) is 0 Å². The first-order valence-electron chi connectivity index (χ1n) is 6.67. The first-order valence-corrected chi connectivity index (χ1v) is 6.67. The molecule has 1 heterocycles. The van der Waals surface area contributed by atoms with Crippen LogP contribution in [0.2, 0.25) is 0 Å². The van der Waals surface area contributed by atoms with E-state index in [9.17, 15) is 0 Å². The van der Waals surface area contributed by atoms with E-state index in [1.807, 2.05) is 12.3 Å². The predicted octanol–water partition coefficient (Wildman–Crippen LogP) is 3.43. The average molecular weight is 243 g/mol. The predicted molar refractivity (Wildman–Crippen MR) is 74.6 cm³/mol. The Morgan fingerprint density at radius 1 is 1.11 bits per heavy atom. The van der Waals surface area contributed by atoms with Gasteiger partial charge in [-0.1, -0.05) is 37.3 Å². The summed E-state index contributed by atoms with van der Waals surface area (Å²) in [7, 11) is 0. The van der Waals surface area contributed by atoms with E-state index < -0.39 is 0 Å². The zero-order valence-electron chi connectivity index (χ0n) is 10.9. The largest absolute Gasteiger partial charge is 0.472 e. The molecule has 1 unspecified atom stereocenters. The van der Waals surface area contributed by atoms with Crippen LogP contribution >= 0.6 is 0 Å². The maximum atomic E-state index is 5.13. The summed E-state index contributed by atoms with van der Waals surface area (Å²) in [5.41, 5.74) is 2.68. The summed E-state index contributed by atoms with van der Waals surface area (Å²) >= 11 is 0. The second kappa shape index (κ2) is 7.02. The normalized spacial score (nSPS) is 12.5. The van der Waals surface area contributed by atoms with Crippen molar-refractivity contribution >= 4 is 0 Å². The quantitative estimate of drug-likeness (QED) is 0.806. The number of benzene rings is 1. The van der Waals surface area contributed by atoms with Crippen LogP contribution in [-0.4, -0.2) is 12.6 Å². The number of likely N-dealkylation sites (N-methyl/N-ethyl adjacent to an activating group) is 1. The highest BCUT2D eigenvalue weighted by Gasteiger charge is 2.09. The number of nitrogens with one attached hydrogen (secondary N) is 1. The second-order valence-corrected chi connectivity index (χ2v) is 4.61. The van der Waals surface area contributed by atoms with Crippen LogP contribution in [0.15, 0.2) is 53.3 Å². The van der Waals surface area contributed by atoms with Crippen LogP contribution in [0.25, 0.3) is 0 Å². The smallest absolute Gasteiger partial charge is 0.0935 e. The van der Waals surface area contributed by atoms with Gasteiger partial charge in [-0.05, 0) is 43.0 Å². The minimum Gasteiger partial charge on any atom is -0.472 e. The molecule has 0 aliphatic rings. The van der Waals surface area contributed by atoms with E-state index in [2.05, 4.69) is 42.6 Å². The molecule has 96 valence electrons. The molecular weight excluding hydrogens is 222 g/mol. The van der Waals surface area contributed by atoms with Gasteiger partial charge in [0.05, 0.1) is 12.5 Å². The number of aryl methyl sites for hydroxylation is 1. The van der Waals surface area contributed by atoms with Crippen molar-refractivity contribution in [2.24, 2.45) is 0 Å². The number of rotatable bonds is 7. The van der Waals surface area contributed by atoms with E-state index >= 15 is 0 Å². The molecule has 0 aliphatic carbocycles. The first-order chi connectivity index (χ1) is 8.88. The van der Waals surface area contributed by atoms with Gasteiger partial charge in [-0.15, -0.1) is 0 Å². The highest BCUT2D eigenvalue weighted by Crippen LogP contribution is 2.10. The highest BCUT2D eigenvalue weighted by atomic mass is 16.3. The maximum Gasteiger partial charge on any atom is 0.0935 e. The van der Waals surface area contributed by atoms with Gasteiger partial charge in [0, 0.05) is 6.04 Å². The van der Waals surface area contributed by atoms with Crippen LogP contribution in [-0.2, 0) is 12.8 Å². The summed E-state index contributed by atoms with van der Waals surface area (Å²) in [5, 5.41) is 3.55. The van der Waals surface area contributed by atoms with Crippen LogP contribution in [0, 0.1) is 0 Å². The van der Waals surface area contributed by atoms with E-state index in [0.29, 0.717) is 6.04 Å². The fraction of sp³-hybridized carbons (Fsp3) is 0.375. The SMILES string of the molecule is CCNC(CCc1ccccc1)Cc1ccoc1. The van der Waals surface area contributed by atoms with E-state index in [1.54, 1.807) is 6.26 Å². The Balaban J connectivity index is 1.86. The van der Waals surface area contributed by atoms with Gasteiger partial charge < -0.3 is 9.73 Å². The molecule has 0 amide bonds. The molecule has 1 atom stereocenters. The molecule has 18 heavy (non-hydrogen) atoms. The second-order valence-electron chi connectivity index (χ2n) is 4.61. The molecule has 1 aromatic carbocycles. The van der Waals surface area contributed by atoms with E-state index in [0.717, 1.165) is 25.8 Å². The maximum absolute atomic E-state index is 5.13. The van der Waals surface area contributed by atoms with Gasteiger partial charge in [0.2, 0.25) is 0 Å². The van der Waals surface area contributed by atoms with Gasteiger partial charge >= 0.3 is 0 Å². The lowest BCUT2D eigenvalue weighted by Gasteiger charge is -2.17. The molecule has 2 heteroatoms. The molecule has 2 rings (SSSR count). The lowest BCUT2D eigenvalue weighted by molar-refractivity contribution is 0.487. The van der Waals surface area contributed by atoms with Gasteiger partial charge in [0.15, 0.2) is 0 Å². The lowest BCUT2D eigenvalue weighted by Crippen LogP contribution is -2.31. The Morgan fingerprint density at radius 2 is 1.94 bits per heavy atom. The van der Waals surface area contributed by atoms with Crippen molar-refractivity contribution in [1.82, 2.24) is 5.32 Å². The zero-order valence-corrected chi connectivity index (χ0v) is 10.9. The van der Waals surface area contributed by atoms with Crippen molar-refractivity contribution in [2.45, 2.75) is 32.2 Å². The Labute approximate surface area is 109 Å². The molecule has 0 saturated heterocycles. The molecule has 1 aromatic heterocycles. The molecular formula is C16H21NO. The highest BCUT2D eigenvalue weighted by molar-refractivity contribution is 5.15. The van der Waals surface area contributed by atoms with Crippen molar-refractivity contribution in [2.75, 3.05) is 6.54 Å². The topological polar surface area (TPSA) is 25.2 Å². The Hall–Kier alpha value is -1.54. The van der Waals surface area contributed by atoms with Crippen LogP contribution in [0.1, 0.15) is 24.5 Å². The lowest BCUT2D eigenvalue weighted by atomic mass is 10.0. The molecule has 0 bridgehead atoms. The molecule has 0 radical (unpaired) electrons. The van der Waals surface area contributed by atoms with Crippen molar-refractivity contribution in [1.29, 1.82) is 0 Å². The summed E-state index contributed by atoms with van der Waals surface area (Å²) in [5.74, 6) is 0. The van der Waals surface area contributed by atoms with Crippen LogP contribution < -0.4 is 5.32 Å². The van der Waals surface area contributed by atoms with E-state index in [1.165, 1.54) is 11.1 Å². The molecule has 2 aromatic rings. The first kappa shape index (κ1) is 12.9. The summed E-state index contributed by atoms with van der Waals surface area (Å²) < 4.78 is 5.13. The molecule has 0 saturated carbocycles. The number of furan rings is 1. The summed E-state index contributed by atoms with van der Waals surface area (Å²) in [6.45, 7) is 3.17. The van der Waals surface area contributed by atoms with Gasteiger partial charge in [0.1, 0.15) is 0 Å².